The number of halogens is 3. The van der Waals surface area contributed by atoms with Crippen molar-refractivity contribution >= 4 is 5.78 Å². The first-order chi connectivity index (χ1) is 12.9. The number of aromatic nitrogens is 4. The maximum atomic E-state index is 13.4. The minimum atomic E-state index is -4.50. The smallest absolute Gasteiger partial charge is 0.298 e. The molecule has 1 aliphatic rings. The summed E-state index contributed by atoms with van der Waals surface area (Å²) in [5.41, 5.74) is 2.03. The van der Waals surface area contributed by atoms with Crippen LogP contribution in [0, 0.1) is 6.92 Å². The third-order valence-corrected chi connectivity index (χ3v) is 5.01. The second-order valence-electron chi connectivity index (χ2n) is 7.10. The molecule has 8 heteroatoms. The van der Waals surface area contributed by atoms with E-state index >= 15 is 0 Å². The van der Waals surface area contributed by atoms with Crippen LogP contribution in [0.4, 0.5) is 13.2 Å². The highest BCUT2D eigenvalue weighted by Gasteiger charge is 2.36. The van der Waals surface area contributed by atoms with Gasteiger partial charge in [0.15, 0.2) is 5.69 Å². The Kier molecular flexibility index (Phi) is 4.59. The SMILES string of the molecule is Cc1ccc(CN2CCCC(c3cc(C(F)(F)F)n4ncnc4n3)C2)cc1. The predicted molar refractivity (Wildman–Crippen MR) is 94.2 cm³/mol. The number of benzene rings is 1. The Morgan fingerprint density at radius 3 is 2.70 bits per heavy atom. The number of fused-ring (bicyclic) bond motifs is 1. The van der Waals surface area contributed by atoms with E-state index in [1.54, 1.807) is 0 Å². The number of likely N-dealkylation sites (tertiary alicyclic amines) is 1. The van der Waals surface area contributed by atoms with Crippen molar-refractivity contribution in [3.63, 3.8) is 0 Å². The predicted octanol–water partition coefficient (Wildman–Crippen LogP) is 3.83. The number of rotatable bonds is 3. The van der Waals surface area contributed by atoms with Gasteiger partial charge >= 0.3 is 6.18 Å². The third kappa shape index (κ3) is 3.80. The monoisotopic (exact) mass is 375 g/mol. The molecule has 0 bridgehead atoms. The van der Waals surface area contributed by atoms with Crippen LogP contribution in [0.5, 0.6) is 0 Å². The van der Waals surface area contributed by atoms with Crippen molar-refractivity contribution in [2.45, 2.75) is 38.4 Å². The van der Waals surface area contributed by atoms with E-state index in [4.69, 9.17) is 0 Å². The molecule has 2 aromatic heterocycles. The van der Waals surface area contributed by atoms with Crippen molar-refractivity contribution in [3.05, 3.63) is 59.2 Å². The fourth-order valence-corrected chi connectivity index (χ4v) is 3.63. The summed E-state index contributed by atoms with van der Waals surface area (Å²) in [5, 5.41) is 3.66. The van der Waals surface area contributed by atoms with E-state index < -0.39 is 11.9 Å². The van der Waals surface area contributed by atoms with Gasteiger partial charge in [-0.2, -0.15) is 27.8 Å². The fraction of sp³-hybridized carbons (Fsp3) is 0.421. The van der Waals surface area contributed by atoms with E-state index in [1.807, 2.05) is 6.92 Å². The number of nitrogens with zero attached hydrogens (tertiary/aromatic N) is 5. The molecule has 1 aliphatic heterocycles. The molecule has 1 saturated heterocycles. The van der Waals surface area contributed by atoms with Gasteiger partial charge in [-0.15, -0.1) is 0 Å². The highest BCUT2D eigenvalue weighted by molar-refractivity contribution is 5.33. The van der Waals surface area contributed by atoms with Crippen LogP contribution in [-0.4, -0.2) is 37.6 Å². The summed E-state index contributed by atoms with van der Waals surface area (Å²) in [4.78, 5) is 10.5. The van der Waals surface area contributed by atoms with Gasteiger partial charge in [0.25, 0.3) is 5.78 Å². The van der Waals surface area contributed by atoms with Crippen molar-refractivity contribution in [1.82, 2.24) is 24.5 Å². The number of hydrogen-bond acceptors (Lipinski definition) is 4. The number of aryl methyl sites for hydroxylation is 1. The molecule has 1 unspecified atom stereocenters. The standard InChI is InChI=1S/C19H20F3N5/c1-13-4-6-14(7-5-13)10-26-8-2-3-15(11-26)16-9-17(19(20,21)22)27-18(25-16)23-12-24-27/h4-7,9,12,15H,2-3,8,10-11H2,1H3. The summed E-state index contributed by atoms with van der Waals surface area (Å²) in [7, 11) is 0. The van der Waals surface area contributed by atoms with E-state index in [-0.39, 0.29) is 11.7 Å². The zero-order chi connectivity index (χ0) is 19.0. The summed E-state index contributed by atoms with van der Waals surface area (Å²) < 4.78 is 41.0. The molecule has 4 rings (SSSR count). The van der Waals surface area contributed by atoms with Gasteiger partial charge in [-0.3, -0.25) is 4.90 Å². The van der Waals surface area contributed by atoms with Crippen LogP contribution in [0.3, 0.4) is 0 Å². The zero-order valence-corrected chi connectivity index (χ0v) is 14.9. The molecule has 27 heavy (non-hydrogen) atoms. The van der Waals surface area contributed by atoms with Crippen molar-refractivity contribution in [2.24, 2.45) is 0 Å². The zero-order valence-electron chi connectivity index (χ0n) is 14.9. The van der Waals surface area contributed by atoms with E-state index in [2.05, 4.69) is 44.2 Å². The Bertz CT molecular complexity index is 933. The van der Waals surface area contributed by atoms with Gasteiger partial charge < -0.3 is 0 Å². The largest absolute Gasteiger partial charge is 0.433 e. The highest BCUT2D eigenvalue weighted by atomic mass is 19.4. The van der Waals surface area contributed by atoms with Crippen LogP contribution in [0.25, 0.3) is 5.78 Å². The fourth-order valence-electron chi connectivity index (χ4n) is 3.63. The molecule has 0 radical (unpaired) electrons. The summed E-state index contributed by atoms with van der Waals surface area (Å²) >= 11 is 0. The summed E-state index contributed by atoms with van der Waals surface area (Å²) in [6, 6.07) is 9.48. The molecular weight excluding hydrogens is 355 g/mol. The Balaban J connectivity index is 1.58. The molecule has 3 heterocycles. The highest BCUT2D eigenvalue weighted by Crippen LogP contribution is 2.33. The second kappa shape index (κ2) is 6.92. The lowest BCUT2D eigenvalue weighted by molar-refractivity contribution is -0.142. The van der Waals surface area contributed by atoms with Gasteiger partial charge in [0.2, 0.25) is 0 Å². The average molecular weight is 375 g/mol. The maximum absolute atomic E-state index is 13.4. The summed E-state index contributed by atoms with van der Waals surface area (Å²) in [6.07, 6.45) is -1.65. The molecule has 1 aromatic carbocycles. The number of hydrogen-bond donors (Lipinski definition) is 0. The number of piperidine rings is 1. The molecule has 142 valence electrons. The average Bonchev–Trinajstić information content (AvgIpc) is 3.11. The van der Waals surface area contributed by atoms with Crippen molar-refractivity contribution in [3.8, 4) is 0 Å². The number of alkyl halides is 3. The quantitative estimate of drug-likeness (QED) is 0.698. The molecule has 0 N–H and O–H groups in total. The molecular formula is C19H20F3N5. The van der Waals surface area contributed by atoms with Crippen molar-refractivity contribution < 1.29 is 13.2 Å². The minimum Gasteiger partial charge on any atom is -0.298 e. The van der Waals surface area contributed by atoms with Crippen molar-refractivity contribution in [1.29, 1.82) is 0 Å². The maximum Gasteiger partial charge on any atom is 0.433 e. The van der Waals surface area contributed by atoms with E-state index in [1.165, 1.54) is 11.1 Å². The van der Waals surface area contributed by atoms with Crippen LogP contribution in [0.15, 0.2) is 36.7 Å². The third-order valence-electron chi connectivity index (χ3n) is 5.01. The lowest BCUT2D eigenvalue weighted by Gasteiger charge is -2.32. The van der Waals surface area contributed by atoms with Gasteiger partial charge in [-0.25, -0.2) is 4.98 Å². The normalized spacial score (nSPS) is 18.9. The molecule has 0 amide bonds. The molecule has 0 saturated carbocycles. The molecule has 1 atom stereocenters. The Labute approximate surface area is 154 Å². The minimum absolute atomic E-state index is 0.00418. The van der Waals surface area contributed by atoms with Crippen LogP contribution in [0.1, 0.15) is 41.3 Å². The van der Waals surface area contributed by atoms with E-state index in [0.717, 1.165) is 42.8 Å². The second-order valence-corrected chi connectivity index (χ2v) is 7.10. The molecule has 5 nitrogen and oxygen atoms in total. The molecule has 0 aliphatic carbocycles. The van der Waals surface area contributed by atoms with Crippen LogP contribution < -0.4 is 0 Å². The van der Waals surface area contributed by atoms with Gasteiger partial charge in [0.05, 0.1) is 5.69 Å². The first kappa shape index (κ1) is 17.9. The van der Waals surface area contributed by atoms with Crippen LogP contribution in [-0.2, 0) is 12.7 Å². The van der Waals surface area contributed by atoms with Crippen LogP contribution in [0.2, 0.25) is 0 Å². The van der Waals surface area contributed by atoms with Gasteiger partial charge in [0.1, 0.15) is 6.33 Å². The molecule has 3 aromatic rings. The lowest BCUT2D eigenvalue weighted by atomic mass is 9.93. The first-order valence-electron chi connectivity index (χ1n) is 8.96. The van der Waals surface area contributed by atoms with Gasteiger partial charge in [0, 0.05) is 19.0 Å². The first-order valence-corrected chi connectivity index (χ1v) is 8.96. The molecule has 1 fully saturated rings. The Hall–Kier alpha value is -2.48. The Morgan fingerprint density at radius 1 is 1.19 bits per heavy atom. The van der Waals surface area contributed by atoms with Gasteiger partial charge in [-0.1, -0.05) is 29.8 Å². The molecule has 0 spiro atoms. The summed E-state index contributed by atoms with van der Waals surface area (Å²) in [6.45, 7) is 4.45. The summed E-state index contributed by atoms with van der Waals surface area (Å²) in [5.74, 6) is -0.0533. The van der Waals surface area contributed by atoms with Gasteiger partial charge in [-0.05, 0) is 37.9 Å². The van der Waals surface area contributed by atoms with Crippen molar-refractivity contribution in [2.75, 3.05) is 13.1 Å². The van der Waals surface area contributed by atoms with E-state index in [9.17, 15) is 13.2 Å². The van der Waals surface area contributed by atoms with E-state index in [0.29, 0.717) is 12.2 Å². The Morgan fingerprint density at radius 2 is 1.96 bits per heavy atom. The topological polar surface area (TPSA) is 46.3 Å². The van der Waals surface area contributed by atoms with Crippen LogP contribution >= 0.6 is 0 Å². The lowest BCUT2D eigenvalue weighted by Crippen LogP contribution is -2.34.